The predicted molar refractivity (Wildman–Crippen MR) is 74.9 cm³/mol. The monoisotopic (exact) mass is 248 g/mol. The first-order valence-corrected chi connectivity index (χ1v) is 6.73. The van der Waals surface area contributed by atoms with Gasteiger partial charge in [-0.25, -0.2) is 0 Å². The van der Waals surface area contributed by atoms with Crippen molar-refractivity contribution in [2.24, 2.45) is 0 Å². The van der Waals surface area contributed by atoms with Crippen molar-refractivity contribution in [3.63, 3.8) is 0 Å². The molecular formula is C15H24N2O. The first-order chi connectivity index (χ1) is 8.66. The van der Waals surface area contributed by atoms with Crippen LogP contribution in [-0.4, -0.2) is 44.3 Å². The number of rotatable bonds is 4. The van der Waals surface area contributed by atoms with Gasteiger partial charge in [-0.2, -0.15) is 0 Å². The van der Waals surface area contributed by atoms with Gasteiger partial charge in [0.15, 0.2) is 0 Å². The van der Waals surface area contributed by atoms with Gasteiger partial charge in [-0.05, 0) is 37.6 Å². The van der Waals surface area contributed by atoms with Gasteiger partial charge in [0.05, 0.1) is 12.7 Å². The molecule has 1 heterocycles. The van der Waals surface area contributed by atoms with E-state index in [1.165, 1.54) is 16.7 Å². The third-order valence-corrected chi connectivity index (χ3v) is 3.75. The minimum absolute atomic E-state index is 0.328. The predicted octanol–water partition coefficient (Wildman–Crippen LogP) is 1.72. The standard InChI is InChI=1S/C15H24N2O/c1-12-5-4-6-14(13(12)2)9-16-10-15-11-17(3)7-8-18-15/h4-6,15-16H,7-11H2,1-3H3. The molecule has 1 aromatic rings. The van der Waals surface area contributed by atoms with E-state index < -0.39 is 0 Å². The topological polar surface area (TPSA) is 24.5 Å². The van der Waals surface area contributed by atoms with Crippen molar-refractivity contribution in [1.29, 1.82) is 0 Å². The minimum Gasteiger partial charge on any atom is -0.374 e. The number of hydrogen-bond donors (Lipinski definition) is 1. The fourth-order valence-corrected chi connectivity index (χ4v) is 2.36. The fourth-order valence-electron chi connectivity index (χ4n) is 2.36. The van der Waals surface area contributed by atoms with Crippen LogP contribution in [0.5, 0.6) is 0 Å². The average molecular weight is 248 g/mol. The summed E-state index contributed by atoms with van der Waals surface area (Å²) in [5.74, 6) is 0. The van der Waals surface area contributed by atoms with Crippen LogP contribution in [0, 0.1) is 13.8 Å². The van der Waals surface area contributed by atoms with Gasteiger partial charge in [-0.3, -0.25) is 0 Å². The van der Waals surface area contributed by atoms with Crippen LogP contribution in [0.3, 0.4) is 0 Å². The second kappa shape index (κ2) is 6.32. The Labute approximate surface area is 110 Å². The summed E-state index contributed by atoms with van der Waals surface area (Å²) in [6.45, 7) is 9.14. The van der Waals surface area contributed by atoms with Crippen molar-refractivity contribution in [2.75, 3.05) is 33.3 Å². The maximum atomic E-state index is 5.74. The highest BCUT2D eigenvalue weighted by molar-refractivity contribution is 5.32. The molecular weight excluding hydrogens is 224 g/mol. The molecule has 18 heavy (non-hydrogen) atoms. The summed E-state index contributed by atoms with van der Waals surface area (Å²) in [7, 11) is 2.15. The van der Waals surface area contributed by atoms with E-state index in [1.807, 2.05) is 0 Å². The molecule has 0 aromatic heterocycles. The van der Waals surface area contributed by atoms with Gasteiger partial charge in [0, 0.05) is 26.2 Å². The van der Waals surface area contributed by atoms with Gasteiger partial charge in [-0.15, -0.1) is 0 Å². The molecule has 1 unspecified atom stereocenters. The lowest BCUT2D eigenvalue weighted by Crippen LogP contribution is -2.44. The number of nitrogens with one attached hydrogen (secondary N) is 1. The molecule has 0 spiro atoms. The van der Waals surface area contributed by atoms with Crippen molar-refractivity contribution in [3.8, 4) is 0 Å². The number of nitrogens with zero attached hydrogens (tertiary/aromatic N) is 1. The minimum atomic E-state index is 0.328. The quantitative estimate of drug-likeness (QED) is 0.878. The van der Waals surface area contributed by atoms with Gasteiger partial charge in [0.2, 0.25) is 0 Å². The average Bonchev–Trinajstić information content (AvgIpc) is 2.35. The molecule has 2 rings (SSSR count). The van der Waals surface area contributed by atoms with Crippen LogP contribution in [0.2, 0.25) is 0 Å². The highest BCUT2D eigenvalue weighted by Gasteiger charge is 2.16. The zero-order valence-corrected chi connectivity index (χ0v) is 11.7. The van der Waals surface area contributed by atoms with Crippen molar-refractivity contribution in [2.45, 2.75) is 26.5 Å². The summed E-state index contributed by atoms with van der Waals surface area (Å²) in [6.07, 6.45) is 0.328. The Hall–Kier alpha value is -0.900. The number of hydrogen-bond acceptors (Lipinski definition) is 3. The van der Waals surface area contributed by atoms with Crippen molar-refractivity contribution in [3.05, 3.63) is 34.9 Å². The van der Waals surface area contributed by atoms with E-state index in [0.29, 0.717) is 6.10 Å². The van der Waals surface area contributed by atoms with Crippen LogP contribution < -0.4 is 5.32 Å². The third kappa shape index (κ3) is 3.55. The molecule has 0 radical (unpaired) electrons. The lowest BCUT2D eigenvalue weighted by molar-refractivity contribution is -0.0182. The first kappa shape index (κ1) is 13.5. The Morgan fingerprint density at radius 3 is 3.00 bits per heavy atom. The normalized spacial score (nSPS) is 21.2. The van der Waals surface area contributed by atoms with E-state index in [1.54, 1.807) is 0 Å². The van der Waals surface area contributed by atoms with E-state index >= 15 is 0 Å². The van der Waals surface area contributed by atoms with E-state index in [9.17, 15) is 0 Å². The molecule has 1 aromatic carbocycles. The Balaban J connectivity index is 1.79. The summed E-state index contributed by atoms with van der Waals surface area (Å²) >= 11 is 0. The van der Waals surface area contributed by atoms with Crippen molar-refractivity contribution >= 4 is 0 Å². The molecule has 1 atom stereocenters. The summed E-state index contributed by atoms with van der Waals surface area (Å²) in [4.78, 5) is 2.33. The van der Waals surface area contributed by atoms with Crippen molar-refractivity contribution < 1.29 is 4.74 Å². The highest BCUT2D eigenvalue weighted by Crippen LogP contribution is 2.12. The smallest absolute Gasteiger partial charge is 0.0826 e. The number of benzene rings is 1. The van der Waals surface area contributed by atoms with Crippen molar-refractivity contribution in [1.82, 2.24) is 10.2 Å². The molecule has 3 heteroatoms. The maximum Gasteiger partial charge on any atom is 0.0826 e. The van der Waals surface area contributed by atoms with Gasteiger partial charge in [0.1, 0.15) is 0 Å². The van der Waals surface area contributed by atoms with Crippen LogP contribution in [-0.2, 0) is 11.3 Å². The molecule has 100 valence electrons. The Morgan fingerprint density at radius 2 is 2.22 bits per heavy atom. The van der Waals surface area contributed by atoms with E-state index in [4.69, 9.17) is 4.74 Å². The highest BCUT2D eigenvalue weighted by atomic mass is 16.5. The third-order valence-electron chi connectivity index (χ3n) is 3.75. The summed E-state index contributed by atoms with van der Waals surface area (Å²) in [5.41, 5.74) is 4.15. The van der Waals surface area contributed by atoms with Crippen LogP contribution in [0.15, 0.2) is 18.2 Å². The largest absolute Gasteiger partial charge is 0.374 e. The zero-order valence-electron chi connectivity index (χ0n) is 11.7. The zero-order chi connectivity index (χ0) is 13.0. The molecule has 1 saturated heterocycles. The van der Waals surface area contributed by atoms with E-state index in [-0.39, 0.29) is 0 Å². The lowest BCUT2D eigenvalue weighted by Gasteiger charge is -2.30. The SMILES string of the molecule is Cc1cccc(CNCC2CN(C)CCO2)c1C. The number of likely N-dealkylation sites (N-methyl/N-ethyl adjacent to an activating group) is 1. The van der Waals surface area contributed by atoms with E-state index in [0.717, 1.165) is 32.8 Å². The van der Waals surface area contributed by atoms with Gasteiger partial charge in [-0.1, -0.05) is 18.2 Å². The summed E-state index contributed by atoms with van der Waals surface area (Å²) in [5, 5.41) is 3.51. The van der Waals surface area contributed by atoms with Gasteiger partial charge >= 0.3 is 0 Å². The number of ether oxygens (including phenoxy) is 1. The fraction of sp³-hybridized carbons (Fsp3) is 0.600. The van der Waals surface area contributed by atoms with Gasteiger partial charge < -0.3 is 15.0 Å². The molecule has 0 aliphatic carbocycles. The molecule has 1 aliphatic rings. The second-order valence-corrected chi connectivity index (χ2v) is 5.24. The number of morpholine rings is 1. The van der Waals surface area contributed by atoms with Crippen LogP contribution in [0.25, 0.3) is 0 Å². The number of aryl methyl sites for hydroxylation is 1. The Bertz CT molecular complexity index is 392. The van der Waals surface area contributed by atoms with Crippen LogP contribution in [0.1, 0.15) is 16.7 Å². The molecule has 1 aliphatic heterocycles. The molecule has 3 nitrogen and oxygen atoms in total. The van der Waals surface area contributed by atoms with E-state index in [2.05, 4.69) is 49.3 Å². The van der Waals surface area contributed by atoms with Crippen LogP contribution in [0.4, 0.5) is 0 Å². The summed E-state index contributed by atoms with van der Waals surface area (Å²) < 4.78 is 5.74. The summed E-state index contributed by atoms with van der Waals surface area (Å²) in [6, 6.07) is 6.49. The first-order valence-electron chi connectivity index (χ1n) is 6.73. The molecule has 1 fully saturated rings. The molecule has 0 saturated carbocycles. The Morgan fingerprint density at radius 1 is 1.39 bits per heavy atom. The molecule has 0 bridgehead atoms. The molecule has 0 amide bonds. The maximum absolute atomic E-state index is 5.74. The second-order valence-electron chi connectivity index (χ2n) is 5.24. The Kier molecular flexibility index (Phi) is 4.75. The molecule has 1 N–H and O–H groups in total. The van der Waals surface area contributed by atoms with Crippen LogP contribution >= 0.6 is 0 Å². The van der Waals surface area contributed by atoms with Gasteiger partial charge in [0.25, 0.3) is 0 Å². The lowest BCUT2D eigenvalue weighted by atomic mass is 10.0.